The fourth-order valence-corrected chi connectivity index (χ4v) is 4.20. The summed E-state index contributed by atoms with van der Waals surface area (Å²) in [4.78, 5) is 0.0439. The van der Waals surface area contributed by atoms with Gasteiger partial charge in [0.2, 0.25) is 5.95 Å². The van der Waals surface area contributed by atoms with Crippen LogP contribution in [0.2, 0.25) is 0 Å². The van der Waals surface area contributed by atoms with E-state index in [9.17, 15) is 12.8 Å². The third-order valence-electron chi connectivity index (χ3n) is 3.33. The first kappa shape index (κ1) is 18.7. The molecule has 2 rings (SSSR count). The lowest BCUT2D eigenvalue weighted by Gasteiger charge is -2.22. The maximum Gasteiger partial charge on any atom is 0.266 e. The number of hydrogen-bond donors (Lipinski definition) is 0. The Hall–Kier alpha value is -1.67. The minimum absolute atomic E-state index is 0.0439. The third-order valence-corrected chi connectivity index (χ3v) is 6.16. The highest BCUT2D eigenvalue weighted by molar-refractivity contribution is 14.1. The van der Waals surface area contributed by atoms with Crippen LogP contribution in [0.1, 0.15) is 11.1 Å². The molecule has 126 valence electrons. The molecule has 0 N–H and O–H groups in total. The van der Waals surface area contributed by atoms with E-state index in [1.807, 2.05) is 35.6 Å². The molecule has 0 amide bonds. The smallest absolute Gasteiger partial charge is 0.237 e. The van der Waals surface area contributed by atoms with Gasteiger partial charge in [-0.3, -0.25) is 0 Å². The molecule has 0 aromatic heterocycles. The SMILES string of the molecule is C=CCN(/C(F)=C(\I)c1ccccc1)S(=O)(=O)c1ccc(C)cc1. The molecule has 2 aromatic carbocycles. The van der Waals surface area contributed by atoms with E-state index in [1.54, 1.807) is 36.4 Å². The van der Waals surface area contributed by atoms with Crippen LogP contribution in [0.25, 0.3) is 3.58 Å². The van der Waals surface area contributed by atoms with Gasteiger partial charge in [0.15, 0.2) is 0 Å². The molecule has 24 heavy (non-hydrogen) atoms. The zero-order chi connectivity index (χ0) is 17.7. The van der Waals surface area contributed by atoms with Gasteiger partial charge in [0.25, 0.3) is 10.0 Å². The van der Waals surface area contributed by atoms with Crippen molar-refractivity contribution in [3.05, 3.63) is 84.3 Å². The monoisotopic (exact) mass is 457 g/mol. The first-order chi connectivity index (χ1) is 11.4. The molecule has 0 aliphatic rings. The molecular formula is C18H17FINO2S. The van der Waals surface area contributed by atoms with Gasteiger partial charge in [-0.2, -0.15) is 4.39 Å². The zero-order valence-corrected chi connectivity index (χ0v) is 16.1. The summed E-state index contributed by atoms with van der Waals surface area (Å²) in [6.07, 6.45) is 1.36. The number of benzene rings is 2. The number of sulfonamides is 1. The molecular weight excluding hydrogens is 440 g/mol. The van der Waals surface area contributed by atoms with Crippen molar-refractivity contribution in [1.29, 1.82) is 0 Å². The summed E-state index contributed by atoms with van der Waals surface area (Å²) >= 11 is 1.82. The number of rotatable bonds is 6. The second kappa shape index (κ2) is 7.94. The predicted octanol–water partition coefficient (Wildman–Crippen LogP) is 4.90. The highest BCUT2D eigenvalue weighted by Crippen LogP contribution is 2.31. The van der Waals surface area contributed by atoms with E-state index in [-0.39, 0.29) is 15.0 Å². The second-order valence-electron chi connectivity index (χ2n) is 5.11. The summed E-state index contributed by atoms with van der Waals surface area (Å²) in [5.74, 6) is -0.817. The van der Waals surface area contributed by atoms with Crippen LogP contribution in [0.15, 0.2) is 78.1 Å². The molecule has 0 heterocycles. The van der Waals surface area contributed by atoms with E-state index >= 15 is 0 Å². The Morgan fingerprint density at radius 2 is 1.75 bits per heavy atom. The van der Waals surface area contributed by atoms with Gasteiger partial charge in [-0.05, 0) is 47.2 Å². The normalized spacial score (nSPS) is 12.5. The topological polar surface area (TPSA) is 37.4 Å². The van der Waals surface area contributed by atoms with Crippen molar-refractivity contribution in [2.75, 3.05) is 6.54 Å². The fourth-order valence-electron chi connectivity index (χ4n) is 2.05. The van der Waals surface area contributed by atoms with Crippen LogP contribution in [0.5, 0.6) is 0 Å². The van der Waals surface area contributed by atoms with E-state index in [1.165, 1.54) is 18.2 Å². The van der Waals surface area contributed by atoms with Crippen LogP contribution in [-0.4, -0.2) is 19.3 Å². The lowest BCUT2D eigenvalue weighted by atomic mass is 10.2. The maximum absolute atomic E-state index is 15.0. The summed E-state index contributed by atoms with van der Waals surface area (Å²) in [5.41, 5.74) is 1.54. The van der Waals surface area contributed by atoms with Crippen molar-refractivity contribution in [1.82, 2.24) is 4.31 Å². The van der Waals surface area contributed by atoms with Crippen molar-refractivity contribution in [2.24, 2.45) is 0 Å². The van der Waals surface area contributed by atoms with Gasteiger partial charge in [-0.25, -0.2) is 12.7 Å². The molecule has 0 atom stereocenters. The Balaban J connectivity index is 2.52. The van der Waals surface area contributed by atoms with Crippen molar-refractivity contribution in [3.8, 4) is 0 Å². The van der Waals surface area contributed by atoms with Crippen LogP contribution in [0.4, 0.5) is 4.39 Å². The van der Waals surface area contributed by atoms with Gasteiger partial charge in [-0.15, -0.1) is 6.58 Å². The second-order valence-corrected chi connectivity index (χ2v) is 8.05. The fraction of sp³-hybridized carbons (Fsp3) is 0.111. The van der Waals surface area contributed by atoms with Gasteiger partial charge >= 0.3 is 0 Å². The molecule has 0 unspecified atom stereocenters. The van der Waals surface area contributed by atoms with E-state index in [0.717, 1.165) is 9.87 Å². The van der Waals surface area contributed by atoms with Crippen LogP contribution >= 0.6 is 22.6 Å². The quantitative estimate of drug-likeness (QED) is 0.352. The van der Waals surface area contributed by atoms with Gasteiger partial charge in [0.1, 0.15) is 0 Å². The Kier molecular flexibility index (Phi) is 6.17. The Bertz CT molecular complexity index is 846. The lowest BCUT2D eigenvalue weighted by molar-refractivity contribution is 0.412. The van der Waals surface area contributed by atoms with Crippen molar-refractivity contribution in [2.45, 2.75) is 11.8 Å². The van der Waals surface area contributed by atoms with Crippen molar-refractivity contribution < 1.29 is 12.8 Å². The van der Waals surface area contributed by atoms with E-state index in [0.29, 0.717) is 5.56 Å². The number of nitrogens with zero attached hydrogens (tertiary/aromatic N) is 1. The molecule has 0 aliphatic heterocycles. The molecule has 0 saturated heterocycles. The number of hydrogen-bond acceptors (Lipinski definition) is 2. The molecule has 0 aliphatic carbocycles. The number of halogens is 2. The standard InChI is InChI=1S/C18H17FINO2S/c1-3-13-21(18(19)17(20)15-7-5-4-6-8-15)24(22,23)16-11-9-14(2)10-12-16/h3-12H,1,13H2,2H3/b18-17-. The largest absolute Gasteiger partial charge is 0.266 e. The highest BCUT2D eigenvalue weighted by atomic mass is 127. The number of aryl methyl sites for hydroxylation is 1. The lowest BCUT2D eigenvalue weighted by Crippen LogP contribution is -2.29. The third kappa shape index (κ3) is 4.05. The van der Waals surface area contributed by atoms with Crippen LogP contribution in [0.3, 0.4) is 0 Å². The van der Waals surface area contributed by atoms with E-state index in [2.05, 4.69) is 6.58 Å². The van der Waals surface area contributed by atoms with E-state index < -0.39 is 16.0 Å². The van der Waals surface area contributed by atoms with Gasteiger partial charge < -0.3 is 0 Å². The van der Waals surface area contributed by atoms with Crippen molar-refractivity contribution >= 4 is 36.2 Å². The molecule has 3 nitrogen and oxygen atoms in total. The average molecular weight is 457 g/mol. The molecule has 0 bridgehead atoms. The summed E-state index contributed by atoms with van der Waals surface area (Å²) in [7, 11) is -4.01. The molecule has 0 spiro atoms. The van der Waals surface area contributed by atoms with E-state index in [4.69, 9.17) is 0 Å². The predicted molar refractivity (Wildman–Crippen MR) is 104 cm³/mol. The summed E-state index contributed by atoms with van der Waals surface area (Å²) in [5, 5.41) is 0. The summed E-state index contributed by atoms with van der Waals surface area (Å²) < 4.78 is 41.6. The van der Waals surface area contributed by atoms with Gasteiger partial charge in [0, 0.05) is 0 Å². The first-order valence-corrected chi connectivity index (χ1v) is 9.71. The molecule has 6 heteroatoms. The first-order valence-electron chi connectivity index (χ1n) is 7.19. The van der Waals surface area contributed by atoms with Crippen LogP contribution in [0, 0.1) is 6.92 Å². The maximum atomic E-state index is 15.0. The zero-order valence-electron chi connectivity index (χ0n) is 13.1. The summed E-state index contributed by atoms with van der Waals surface area (Å²) in [6.45, 7) is 5.24. The van der Waals surface area contributed by atoms with Gasteiger partial charge in [0.05, 0.1) is 15.0 Å². The average Bonchev–Trinajstić information content (AvgIpc) is 2.59. The Morgan fingerprint density at radius 3 is 2.29 bits per heavy atom. The van der Waals surface area contributed by atoms with Crippen LogP contribution in [-0.2, 0) is 10.0 Å². The van der Waals surface area contributed by atoms with Crippen LogP contribution < -0.4 is 0 Å². The molecule has 2 aromatic rings. The minimum atomic E-state index is -4.01. The minimum Gasteiger partial charge on any atom is -0.237 e. The van der Waals surface area contributed by atoms with Crippen molar-refractivity contribution in [3.63, 3.8) is 0 Å². The summed E-state index contributed by atoms with van der Waals surface area (Å²) in [6, 6.07) is 15.1. The Morgan fingerprint density at radius 1 is 1.17 bits per heavy atom. The van der Waals surface area contributed by atoms with Gasteiger partial charge in [-0.1, -0.05) is 54.1 Å². The molecule has 0 saturated carbocycles. The molecule has 0 fully saturated rings. The Labute approximate surface area is 155 Å². The highest BCUT2D eigenvalue weighted by Gasteiger charge is 2.28. The molecule has 0 radical (unpaired) electrons.